The molecule has 0 aromatic heterocycles. The van der Waals surface area contributed by atoms with Gasteiger partial charge in [-0.3, -0.25) is 13.9 Å². The average Bonchev–Trinajstić information content (AvgIpc) is 2.64. The van der Waals surface area contributed by atoms with Gasteiger partial charge in [0.25, 0.3) is 20.2 Å². The predicted octanol–water partition coefficient (Wildman–Crippen LogP) is 3.29. The van der Waals surface area contributed by atoms with E-state index < -0.39 is 35.9 Å². The van der Waals surface area contributed by atoms with Gasteiger partial charge in [-0.2, -0.15) is 16.8 Å². The number of nitrogens with zero attached hydrogens (tertiary/aromatic N) is 2. The number of hydrogen-bond acceptors (Lipinski definition) is 8. The van der Waals surface area contributed by atoms with Gasteiger partial charge in [0.05, 0.1) is 5.69 Å². The molecule has 0 atom stereocenters. The van der Waals surface area contributed by atoms with Crippen molar-refractivity contribution in [3.8, 4) is 0 Å². The first-order valence-electron chi connectivity index (χ1n) is 8.47. The highest BCUT2D eigenvalue weighted by atomic mass is 32.2. The summed E-state index contributed by atoms with van der Waals surface area (Å²) in [5, 5.41) is 9.99. The maximum atomic E-state index is 12.1. The molecule has 3 rings (SSSR count). The fraction of sp³-hybridized carbons (Fsp3) is 0.0556. The van der Waals surface area contributed by atoms with Crippen LogP contribution in [0.5, 0.6) is 0 Å². The predicted molar refractivity (Wildman–Crippen MR) is 113 cm³/mol. The number of rotatable bonds is 5. The fourth-order valence-corrected chi connectivity index (χ4v) is 4.44. The minimum atomic E-state index is -4.88. The van der Waals surface area contributed by atoms with Gasteiger partial charge in [-0.15, -0.1) is 10.2 Å². The van der Waals surface area contributed by atoms with Crippen LogP contribution in [0.3, 0.4) is 0 Å². The highest BCUT2D eigenvalue weighted by molar-refractivity contribution is 7.86. The van der Waals surface area contributed by atoms with Crippen LogP contribution in [0.25, 0.3) is 10.8 Å². The summed E-state index contributed by atoms with van der Waals surface area (Å²) in [5.74, 6) is -0.399. The zero-order valence-corrected chi connectivity index (χ0v) is 17.5. The van der Waals surface area contributed by atoms with Gasteiger partial charge >= 0.3 is 0 Å². The summed E-state index contributed by atoms with van der Waals surface area (Å²) < 4.78 is 66.5. The first-order valence-corrected chi connectivity index (χ1v) is 11.4. The molecule has 0 saturated carbocycles. The van der Waals surface area contributed by atoms with Crippen molar-refractivity contribution in [3.05, 3.63) is 48.5 Å². The summed E-state index contributed by atoms with van der Waals surface area (Å²) in [6.07, 6.45) is 0. The molecule has 0 fully saturated rings. The topological polar surface area (TPSA) is 189 Å². The average molecular weight is 464 g/mol. The third-order valence-corrected chi connectivity index (χ3v) is 5.94. The Hall–Kier alpha value is -3.39. The number of nitrogens with two attached hydrogens (primary N) is 1. The molecule has 5 N–H and O–H groups in total. The second-order valence-corrected chi connectivity index (χ2v) is 9.12. The van der Waals surface area contributed by atoms with Gasteiger partial charge in [0.2, 0.25) is 5.91 Å². The molecule has 0 aliphatic rings. The van der Waals surface area contributed by atoms with Crippen molar-refractivity contribution in [2.45, 2.75) is 16.7 Å². The standard InChI is InChI=1S/C18H16N4O7S2/c1-10(23)20-16-9-11(19)5-7-14(16)21-22-15-8-6-12-13(18(15)31(27,28)29)3-2-4-17(12)30(24,25)26/h2-9H,19H2,1H3,(H,20,23)(H,24,25,26)(H,27,28,29). The second kappa shape index (κ2) is 8.03. The lowest BCUT2D eigenvalue weighted by molar-refractivity contribution is -0.114. The van der Waals surface area contributed by atoms with Crippen LogP contribution in [-0.2, 0) is 25.0 Å². The van der Waals surface area contributed by atoms with Crippen molar-refractivity contribution < 1.29 is 30.7 Å². The van der Waals surface area contributed by atoms with Crippen LogP contribution in [0.4, 0.5) is 22.7 Å². The van der Waals surface area contributed by atoms with E-state index in [1.807, 2.05) is 0 Å². The molecule has 0 radical (unpaired) electrons. The molecular weight excluding hydrogens is 448 g/mol. The Morgan fingerprint density at radius 2 is 1.55 bits per heavy atom. The molecule has 0 aliphatic carbocycles. The number of nitrogens with one attached hydrogen (secondary N) is 1. The smallest absolute Gasteiger partial charge is 0.297 e. The summed E-state index contributed by atoms with van der Waals surface area (Å²) >= 11 is 0. The number of azo groups is 1. The molecule has 162 valence electrons. The molecule has 0 saturated heterocycles. The highest BCUT2D eigenvalue weighted by Gasteiger charge is 2.23. The van der Waals surface area contributed by atoms with Gasteiger partial charge in [0.15, 0.2) is 0 Å². The minimum absolute atomic E-state index is 0.136. The van der Waals surface area contributed by atoms with Crippen molar-refractivity contribution in [1.29, 1.82) is 0 Å². The maximum Gasteiger partial charge on any atom is 0.297 e. The normalized spacial score (nSPS) is 12.4. The Kier molecular flexibility index (Phi) is 5.78. The SMILES string of the molecule is CC(=O)Nc1cc(N)ccc1N=Nc1ccc2c(S(=O)(=O)O)cccc2c1S(=O)(=O)O. The quantitative estimate of drug-likeness (QED) is 0.251. The molecule has 0 heterocycles. The molecule has 0 unspecified atom stereocenters. The largest absolute Gasteiger partial charge is 0.399 e. The van der Waals surface area contributed by atoms with Crippen molar-refractivity contribution >= 4 is 59.7 Å². The van der Waals surface area contributed by atoms with E-state index in [0.29, 0.717) is 5.69 Å². The first kappa shape index (κ1) is 22.3. The van der Waals surface area contributed by atoms with Crippen LogP contribution in [-0.4, -0.2) is 31.8 Å². The fourth-order valence-electron chi connectivity index (χ4n) is 2.90. The summed E-state index contributed by atoms with van der Waals surface area (Å²) in [6.45, 7) is 1.27. The molecule has 3 aromatic carbocycles. The second-order valence-electron chi connectivity index (χ2n) is 6.37. The van der Waals surface area contributed by atoms with Gasteiger partial charge in [0, 0.05) is 23.4 Å². The van der Waals surface area contributed by atoms with Gasteiger partial charge < -0.3 is 11.1 Å². The molecule has 0 spiro atoms. The van der Waals surface area contributed by atoms with E-state index >= 15 is 0 Å². The van der Waals surface area contributed by atoms with E-state index in [-0.39, 0.29) is 27.8 Å². The number of nitrogen functional groups attached to an aromatic ring is 1. The number of carbonyl (C=O) groups excluding carboxylic acids is 1. The highest BCUT2D eigenvalue weighted by Crippen LogP contribution is 2.37. The summed E-state index contributed by atoms with van der Waals surface area (Å²) in [6, 6.07) is 10.2. The minimum Gasteiger partial charge on any atom is -0.399 e. The third-order valence-electron chi connectivity index (χ3n) is 4.08. The van der Waals surface area contributed by atoms with E-state index in [2.05, 4.69) is 15.5 Å². The molecule has 3 aromatic rings. The van der Waals surface area contributed by atoms with E-state index in [1.165, 1.54) is 43.3 Å². The molecule has 11 nitrogen and oxygen atoms in total. The molecular formula is C18H16N4O7S2. The monoisotopic (exact) mass is 464 g/mol. The van der Waals surface area contributed by atoms with Gasteiger partial charge in [-0.1, -0.05) is 18.2 Å². The maximum absolute atomic E-state index is 12.1. The molecule has 31 heavy (non-hydrogen) atoms. The number of anilines is 2. The van der Waals surface area contributed by atoms with Crippen LogP contribution in [0, 0.1) is 0 Å². The lowest BCUT2D eigenvalue weighted by Gasteiger charge is -2.10. The summed E-state index contributed by atoms with van der Waals surface area (Å²) in [7, 11) is -9.55. The molecule has 0 bridgehead atoms. The van der Waals surface area contributed by atoms with E-state index in [0.717, 1.165) is 12.1 Å². The zero-order chi connectivity index (χ0) is 23.0. The van der Waals surface area contributed by atoms with Crippen LogP contribution in [0.2, 0.25) is 0 Å². The Balaban J connectivity index is 2.24. The van der Waals surface area contributed by atoms with Crippen molar-refractivity contribution in [1.82, 2.24) is 0 Å². The first-order chi connectivity index (χ1) is 14.4. The molecule has 13 heteroatoms. The number of carbonyl (C=O) groups is 1. The molecule has 1 amide bonds. The summed E-state index contributed by atoms with van der Waals surface area (Å²) in [4.78, 5) is 10.2. The number of amides is 1. The van der Waals surface area contributed by atoms with Crippen LogP contribution in [0.15, 0.2) is 68.6 Å². The van der Waals surface area contributed by atoms with Gasteiger partial charge in [0.1, 0.15) is 21.2 Å². The van der Waals surface area contributed by atoms with Gasteiger partial charge in [-0.25, -0.2) is 0 Å². The number of fused-ring (bicyclic) bond motifs is 1. The lowest BCUT2D eigenvalue weighted by Crippen LogP contribution is -2.06. The Labute approximate surface area is 177 Å². The Morgan fingerprint density at radius 1 is 0.903 bits per heavy atom. The van der Waals surface area contributed by atoms with Crippen molar-refractivity contribution in [3.63, 3.8) is 0 Å². The number of benzene rings is 3. The number of hydrogen-bond donors (Lipinski definition) is 4. The van der Waals surface area contributed by atoms with E-state index in [1.54, 1.807) is 0 Å². The lowest BCUT2D eigenvalue weighted by atomic mass is 10.1. The Bertz CT molecular complexity index is 1450. The van der Waals surface area contributed by atoms with Crippen molar-refractivity contribution in [2.75, 3.05) is 11.1 Å². The molecule has 0 aliphatic heterocycles. The zero-order valence-electron chi connectivity index (χ0n) is 15.8. The Morgan fingerprint density at radius 3 is 2.16 bits per heavy atom. The van der Waals surface area contributed by atoms with Crippen LogP contribution >= 0.6 is 0 Å². The van der Waals surface area contributed by atoms with E-state index in [9.17, 15) is 30.7 Å². The van der Waals surface area contributed by atoms with Crippen LogP contribution < -0.4 is 11.1 Å². The van der Waals surface area contributed by atoms with E-state index in [4.69, 9.17) is 5.73 Å². The van der Waals surface area contributed by atoms with Gasteiger partial charge in [-0.05, 0) is 30.3 Å². The van der Waals surface area contributed by atoms with Crippen molar-refractivity contribution in [2.24, 2.45) is 10.2 Å². The third kappa shape index (κ3) is 4.86. The van der Waals surface area contributed by atoms with Crippen LogP contribution in [0.1, 0.15) is 6.92 Å². The summed E-state index contributed by atoms with van der Waals surface area (Å²) in [5.41, 5.74) is 6.11.